The normalized spacial score (nSPS) is 12.9. The number of benzene rings is 1. The molecule has 1 atom stereocenters. The lowest BCUT2D eigenvalue weighted by molar-refractivity contribution is 0.448. The summed E-state index contributed by atoms with van der Waals surface area (Å²) in [6.45, 7) is 9.91. The Morgan fingerprint density at radius 1 is 1.21 bits per heavy atom. The summed E-state index contributed by atoms with van der Waals surface area (Å²) in [7, 11) is 0. The van der Waals surface area contributed by atoms with Gasteiger partial charge in [-0.2, -0.15) is 0 Å². The number of halogens is 1. The van der Waals surface area contributed by atoms with Crippen molar-refractivity contribution in [3.63, 3.8) is 0 Å². The Morgan fingerprint density at radius 2 is 1.95 bits per heavy atom. The molecule has 0 saturated carbocycles. The number of rotatable bonds is 8. The first-order valence-corrected chi connectivity index (χ1v) is 7.91. The molecule has 1 unspecified atom stereocenters. The van der Waals surface area contributed by atoms with E-state index in [1.807, 2.05) is 0 Å². The van der Waals surface area contributed by atoms with Gasteiger partial charge >= 0.3 is 0 Å². The SMILES string of the molecule is CCCNC(CCCC(C)C)c1ccc(C)cc1Cl. The average molecular weight is 282 g/mol. The Morgan fingerprint density at radius 3 is 2.53 bits per heavy atom. The maximum Gasteiger partial charge on any atom is 0.0456 e. The van der Waals surface area contributed by atoms with E-state index in [2.05, 4.69) is 51.2 Å². The first kappa shape index (κ1) is 16.5. The van der Waals surface area contributed by atoms with Crippen LogP contribution in [-0.2, 0) is 0 Å². The molecule has 108 valence electrons. The third kappa shape index (κ3) is 5.97. The first-order chi connectivity index (χ1) is 9.04. The topological polar surface area (TPSA) is 12.0 Å². The summed E-state index contributed by atoms with van der Waals surface area (Å²) in [6.07, 6.45) is 4.86. The van der Waals surface area contributed by atoms with E-state index >= 15 is 0 Å². The zero-order valence-electron chi connectivity index (χ0n) is 12.8. The van der Waals surface area contributed by atoms with Gasteiger partial charge in [0.2, 0.25) is 0 Å². The summed E-state index contributed by atoms with van der Waals surface area (Å²) in [4.78, 5) is 0. The predicted molar refractivity (Wildman–Crippen MR) is 85.9 cm³/mol. The van der Waals surface area contributed by atoms with Crippen molar-refractivity contribution in [1.29, 1.82) is 0 Å². The van der Waals surface area contributed by atoms with E-state index < -0.39 is 0 Å². The van der Waals surface area contributed by atoms with Crippen molar-refractivity contribution in [3.05, 3.63) is 34.3 Å². The quantitative estimate of drug-likeness (QED) is 0.662. The molecular formula is C17H28ClN. The van der Waals surface area contributed by atoms with Crippen LogP contribution < -0.4 is 5.32 Å². The summed E-state index contributed by atoms with van der Waals surface area (Å²) in [5.74, 6) is 0.778. The summed E-state index contributed by atoms with van der Waals surface area (Å²) >= 11 is 6.40. The van der Waals surface area contributed by atoms with E-state index in [0.717, 1.165) is 23.9 Å². The van der Waals surface area contributed by atoms with Gasteiger partial charge in [0.25, 0.3) is 0 Å². The lowest BCUT2D eigenvalue weighted by Crippen LogP contribution is -2.22. The van der Waals surface area contributed by atoms with Gasteiger partial charge in [-0.3, -0.25) is 0 Å². The maximum atomic E-state index is 6.40. The van der Waals surface area contributed by atoms with Gasteiger partial charge in [-0.15, -0.1) is 0 Å². The van der Waals surface area contributed by atoms with Crippen molar-refractivity contribution in [2.75, 3.05) is 6.54 Å². The lowest BCUT2D eigenvalue weighted by Gasteiger charge is -2.21. The van der Waals surface area contributed by atoms with E-state index in [4.69, 9.17) is 11.6 Å². The van der Waals surface area contributed by atoms with Crippen LogP contribution in [0.3, 0.4) is 0 Å². The Labute approximate surface area is 123 Å². The van der Waals surface area contributed by atoms with Crippen LogP contribution in [0, 0.1) is 12.8 Å². The van der Waals surface area contributed by atoms with Crippen LogP contribution in [0.25, 0.3) is 0 Å². The highest BCUT2D eigenvalue weighted by Gasteiger charge is 2.14. The van der Waals surface area contributed by atoms with Crippen LogP contribution >= 0.6 is 11.6 Å². The van der Waals surface area contributed by atoms with E-state index in [1.54, 1.807) is 0 Å². The second-order valence-corrected chi connectivity index (χ2v) is 6.26. The highest BCUT2D eigenvalue weighted by molar-refractivity contribution is 6.31. The molecule has 0 aliphatic heterocycles. The van der Waals surface area contributed by atoms with Gasteiger partial charge in [-0.25, -0.2) is 0 Å². The third-order valence-electron chi connectivity index (χ3n) is 3.45. The number of hydrogen-bond acceptors (Lipinski definition) is 1. The number of aryl methyl sites for hydroxylation is 1. The van der Waals surface area contributed by atoms with Gasteiger partial charge in [0.05, 0.1) is 0 Å². The molecule has 1 nitrogen and oxygen atoms in total. The third-order valence-corrected chi connectivity index (χ3v) is 3.77. The zero-order valence-corrected chi connectivity index (χ0v) is 13.6. The van der Waals surface area contributed by atoms with Gasteiger partial charge in [-0.1, -0.05) is 57.3 Å². The molecule has 0 amide bonds. The van der Waals surface area contributed by atoms with Gasteiger partial charge in [-0.05, 0) is 49.4 Å². The van der Waals surface area contributed by atoms with Crippen LogP contribution in [0.2, 0.25) is 5.02 Å². The fourth-order valence-corrected chi connectivity index (χ4v) is 2.70. The smallest absolute Gasteiger partial charge is 0.0456 e. The monoisotopic (exact) mass is 281 g/mol. The average Bonchev–Trinajstić information content (AvgIpc) is 2.34. The lowest BCUT2D eigenvalue weighted by atomic mass is 9.97. The number of hydrogen-bond donors (Lipinski definition) is 1. The molecule has 0 saturated heterocycles. The molecule has 0 aliphatic carbocycles. The standard InChI is InChI=1S/C17H28ClN/c1-5-11-19-17(8-6-7-13(2)3)15-10-9-14(4)12-16(15)18/h9-10,12-13,17,19H,5-8,11H2,1-4H3. The minimum Gasteiger partial charge on any atom is -0.310 e. The molecule has 1 aromatic carbocycles. The van der Waals surface area contributed by atoms with Crippen LogP contribution in [-0.4, -0.2) is 6.54 Å². The Bertz CT molecular complexity index is 374. The molecule has 0 fully saturated rings. The molecule has 2 heteroatoms. The fraction of sp³-hybridized carbons (Fsp3) is 0.647. The molecule has 0 bridgehead atoms. The van der Waals surface area contributed by atoms with Crippen molar-refractivity contribution >= 4 is 11.6 Å². The van der Waals surface area contributed by atoms with Crippen molar-refractivity contribution in [1.82, 2.24) is 5.32 Å². The van der Waals surface area contributed by atoms with Crippen LogP contribution in [0.1, 0.15) is 63.6 Å². The van der Waals surface area contributed by atoms with Gasteiger partial charge in [0.1, 0.15) is 0 Å². The second kappa shape index (κ2) is 8.60. The Balaban J connectivity index is 2.71. The van der Waals surface area contributed by atoms with Crippen LogP contribution in [0.4, 0.5) is 0 Å². The molecule has 0 spiro atoms. The second-order valence-electron chi connectivity index (χ2n) is 5.86. The number of nitrogens with one attached hydrogen (secondary N) is 1. The molecule has 19 heavy (non-hydrogen) atoms. The van der Waals surface area contributed by atoms with Gasteiger partial charge in [0, 0.05) is 11.1 Å². The molecular weight excluding hydrogens is 254 g/mol. The zero-order chi connectivity index (χ0) is 14.3. The van der Waals surface area contributed by atoms with E-state index in [1.165, 1.54) is 30.4 Å². The first-order valence-electron chi connectivity index (χ1n) is 7.54. The van der Waals surface area contributed by atoms with Crippen molar-refractivity contribution in [3.8, 4) is 0 Å². The Kier molecular flexibility index (Phi) is 7.48. The minimum atomic E-state index is 0.395. The Hall–Kier alpha value is -0.530. The molecule has 1 aromatic rings. The van der Waals surface area contributed by atoms with Gasteiger partial charge < -0.3 is 5.32 Å². The van der Waals surface area contributed by atoms with E-state index in [9.17, 15) is 0 Å². The molecule has 0 heterocycles. The summed E-state index contributed by atoms with van der Waals surface area (Å²) in [5.41, 5.74) is 2.48. The molecule has 1 rings (SSSR count). The summed E-state index contributed by atoms with van der Waals surface area (Å²) < 4.78 is 0. The largest absolute Gasteiger partial charge is 0.310 e. The van der Waals surface area contributed by atoms with Crippen LogP contribution in [0.15, 0.2) is 18.2 Å². The van der Waals surface area contributed by atoms with Gasteiger partial charge in [0.15, 0.2) is 0 Å². The van der Waals surface area contributed by atoms with E-state index in [-0.39, 0.29) is 0 Å². The molecule has 1 N–H and O–H groups in total. The highest BCUT2D eigenvalue weighted by atomic mass is 35.5. The van der Waals surface area contributed by atoms with Crippen molar-refractivity contribution < 1.29 is 0 Å². The summed E-state index contributed by atoms with van der Waals surface area (Å²) in [6, 6.07) is 6.80. The van der Waals surface area contributed by atoms with Crippen molar-refractivity contribution in [2.24, 2.45) is 5.92 Å². The molecule has 0 aromatic heterocycles. The molecule has 0 radical (unpaired) electrons. The summed E-state index contributed by atoms with van der Waals surface area (Å²) in [5, 5.41) is 4.54. The highest BCUT2D eigenvalue weighted by Crippen LogP contribution is 2.28. The fourth-order valence-electron chi connectivity index (χ4n) is 2.33. The predicted octanol–water partition coefficient (Wildman–Crippen LogP) is 5.52. The minimum absolute atomic E-state index is 0.395. The molecule has 0 aliphatic rings. The maximum absolute atomic E-state index is 6.40. The van der Waals surface area contributed by atoms with Crippen molar-refractivity contribution in [2.45, 2.75) is 59.4 Å². The van der Waals surface area contributed by atoms with E-state index in [0.29, 0.717) is 6.04 Å². The van der Waals surface area contributed by atoms with Crippen LogP contribution in [0.5, 0.6) is 0 Å².